The van der Waals surface area contributed by atoms with Gasteiger partial charge in [-0.2, -0.15) is 0 Å². The number of carbonyl (C=O) groups is 1. The van der Waals surface area contributed by atoms with E-state index in [1.165, 1.54) is 12.8 Å². The van der Waals surface area contributed by atoms with Crippen LogP contribution in [0.3, 0.4) is 0 Å². The van der Waals surface area contributed by atoms with E-state index in [2.05, 4.69) is 24.3 Å². The van der Waals surface area contributed by atoms with Crippen LogP contribution in [-0.2, 0) is 4.79 Å². The van der Waals surface area contributed by atoms with Crippen LogP contribution >= 0.6 is 24.8 Å². The highest BCUT2D eigenvalue weighted by Gasteiger charge is 2.32. The number of halogens is 2. The Hall–Kier alpha value is -0.810. The highest BCUT2D eigenvalue weighted by molar-refractivity contribution is 5.85. The smallest absolute Gasteiger partial charge is 0.221 e. The lowest BCUT2D eigenvalue weighted by molar-refractivity contribution is -0.121. The standard InChI is InChI=1S/C16H25N3O.2ClH/c1-19(2)15(13-8-9-13)11-18-16(20)10-14(17)12-6-4-3-5-7-12;;/h3-7,13-15H,8-11,17H2,1-2H3,(H,18,20);2*1H. The van der Waals surface area contributed by atoms with Crippen molar-refractivity contribution in [2.75, 3.05) is 20.6 Å². The lowest BCUT2D eigenvalue weighted by Crippen LogP contribution is -2.42. The van der Waals surface area contributed by atoms with Crippen LogP contribution < -0.4 is 11.1 Å². The molecule has 0 aliphatic heterocycles. The summed E-state index contributed by atoms with van der Waals surface area (Å²) in [7, 11) is 4.15. The number of nitrogens with zero attached hydrogens (tertiary/aromatic N) is 1. The summed E-state index contributed by atoms with van der Waals surface area (Å²) in [5, 5.41) is 3.03. The highest BCUT2D eigenvalue weighted by Crippen LogP contribution is 2.34. The Morgan fingerprint density at radius 3 is 2.36 bits per heavy atom. The third-order valence-corrected chi connectivity index (χ3v) is 3.97. The molecule has 3 N–H and O–H groups in total. The summed E-state index contributed by atoms with van der Waals surface area (Å²) < 4.78 is 0. The molecule has 2 atom stereocenters. The molecule has 1 aliphatic rings. The Bertz CT molecular complexity index is 436. The van der Waals surface area contributed by atoms with Gasteiger partial charge in [0.1, 0.15) is 0 Å². The molecule has 1 amide bonds. The predicted molar refractivity (Wildman–Crippen MR) is 95.7 cm³/mol. The van der Waals surface area contributed by atoms with Crippen molar-refractivity contribution in [1.82, 2.24) is 10.2 Å². The molecule has 22 heavy (non-hydrogen) atoms. The monoisotopic (exact) mass is 347 g/mol. The average Bonchev–Trinajstić information content (AvgIpc) is 3.24. The maximum absolute atomic E-state index is 12.0. The average molecular weight is 348 g/mol. The van der Waals surface area contributed by atoms with Gasteiger partial charge in [-0.15, -0.1) is 24.8 Å². The molecule has 4 nitrogen and oxygen atoms in total. The number of nitrogens with one attached hydrogen (secondary N) is 1. The Morgan fingerprint density at radius 1 is 1.27 bits per heavy atom. The zero-order valence-electron chi connectivity index (χ0n) is 13.2. The van der Waals surface area contributed by atoms with Crippen LogP contribution in [-0.4, -0.2) is 37.5 Å². The SMILES string of the molecule is CN(C)C(CNC(=O)CC(N)c1ccccc1)C1CC1.Cl.Cl. The van der Waals surface area contributed by atoms with E-state index >= 15 is 0 Å². The molecule has 0 aromatic heterocycles. The molecular weight excluding hydrogens is 321 g/mol. The lowest BCUT2D eigenvalue weighted by atomic mass is 10.0. The molecule has 1 fully saturated rings. The fourth-order valence-corrected chi connectivity index (χ4v) is 2.56. The number of amides is 1. The summed E-state index contributed by atoms with van der Waals surface area (Å²) in [6.45, 7) is 0.720. The molecule has 0 spiro atoms. The van der Waals surface area contributed by atoms with E-state index < -0.39 is 0 Å². The number of nitrogens with two attached hydrogens (primary N) is 1. The zero-order valence-corrected chi connectivity index (χ0v) is 14.8. The van der Waals surface area contributed by atoms with Gasteiger partial charge in [-0.05, 0) is 38.4 Å². The van der Waals surface area contributed by atoms with Crippen LogP contribution in [0.4, 0.5) is 0 Å². The van der Waals surface area contributed by atoms with Gasteiger partial charge in [-0.1, -0.05) is 30.3 Å². The first-order valence-electron chi connectivity index (χ1n) is 7.31. The summed E-state index contributed by atoms with van der Waals surface area (Å²) in [5.74, 6) is 0.780. The van der Waals surface area contributed by atoms with Crippen LogP contribution in [0.2, 0.25) is 0 Å². The summed E-state index contributed by atoms with van der Waals surface area (Å²) >= 11 is 0. The fourth-order valence-electron chi connectivity index (χ4n) is 2.56. The number of carbonyl (C=O) groups excluding carboxylic acids is 1. The van der Waals surface area contributed by atoms with E-state index in [-0.39, 0.29) is 36.8 Å². The summed E-state index contributed by atoms with van der Waals surface area (Å²) in [5.41, 5.74) is 7.07. The fraction of sp³-hybridized carbons (Fsp3) is 0.562. The van der Waals surface area contributed by atoms with Gasteiger partial charge < -0.3 is 16.0 Å². The maximum atomic E-state index is 12.0. The van der Waals surface area contributed by atoms with Crippen LogP contribution in [0.1, 0.15) is 30.9 Å². The molecule has 1 aliphatic carbocycles. The minimum atomic E-state index is -0.227. The topological polar surface area (TPSA) is 58.4 Å². The van der Waals surface area contributed by atoms with Crippen molar-refractivity contribution >= 4 is 30.7 Å². The van der Waals surface area contributed by atoms with Crippen LogP contribution in [0.15, 0.2) is 30.3 Å². The second kappa shape index (κ2) is 10.1. The number of benzene rings is 1. The number of likely N-dealkylation sites (N-methyl/N-ethyl adjacent to an activating group) is 1. The molecular formula is C16H27Cl2N3O. The molecule has 2 unspecified atom stereocenters. The van der Waals surface area contributed by atoms with Crippen molar-refractivity contribution in [3.63, 3.8) is 0 Å². The molecule has 1 aromatic rings. The Labute approximate surface area is 145 Å². The Balaban J connectivity index is 0.00000220. The maximum Gasteiger partial charge on any atom is 0.221 e. The first-order chi connectivity index (χ1) is 9.58. The number of hydrogen-bond acceptors (Lipinski definition) is 3. The van der Waals surface area contributed by atoms with Crippen LogP contribution in [0.25, 0.3) is 0 Å². The molecule has 0 saturated heterocycles. The molecule has 1 saturated carbocycles. The van der Waals surface area contributed by atoms with Gasteiger partial charge in [0.25, 0.3) is 0 Å². The third kappa shape index (κ3) is 6.53. The van der Waals surface area contributed by atoms with E-state index in [4.69, 9.17) is 5.73 Å². The largest absolute Gasteiger partial charge is 0.354 e. The summed E-state index contributed by atoms with van der Waals surface area (Å²) in [6.07, 6.45) is 2.90. The molecule has 0 radical (unpaired) electrons. The van der Waals surface area contributed by atoms with Crippen molar-refractivity contribution in [3.8, 4) is 0 Å². The van der Waals surface area contributed by atoms with Gasteiger partial charge in [0, 0.05) is 25.0 Å². The van der Waals surface area contributed by atoms with Crippen molar-refractivity contribution in [1.29, 1.82) is 0 Å². The van der Waals surface area contributed by atoms with Crippen molar-refractivity contribution in [2.45, 2.75) is 31.3 Å². The Morgan fingerprint density at radius 2 is 1.86 bits per heavy atom. The predicted octanol–water partition coefficient (Wildman–Crippen LogP) is 2.38. The quantitative estimate of drug-likeness (QED) is 0.795. The minimum Gasteiger partial charge on any atom is -0.354 e. The van der Waals surface area contributed by atoms with E-state index in [9.17, 15) is 4.79 Å². The molecule has 6 heteroatoms. The zero-order chi connectivity index (χ0) is 14.5. The van der Waals surface area contributed by atoms with Gasteiger partial charge in [-0.3, -0.25) is 4.79 Å². The van der Waals surface area contributed by atoms with E-state index in [0.717, 1.165) is 18.0 Å². The second-order valence-corrected chi connectivity index (χ2v) is 5.89. The van der Waals surface area contributed by atoms with E-state index in [0.29, 0.717) is 12.5 Å². The first-order valence-corrected chi connectivity index (χ1v) is 7.31. The van der Waals surface area contributed by atoms with Crippen LogP contribution in [0.5, 0.6) is 0 Å². The van der Waals surface area contributed by atoms with Gasteiger partial charge in [-0.25, -0.2) is 0 Å². The summed E-state index contributed by atoms with van der Waals surface area (Å²) in [6, 6.07) is 10.00. The minimum absolute atomic E-state index is 0. The van der Waals surface area contributed by atoms with Crippen molar-refractivity contribution in [3.05, 3.63) is 35.9 Å². The van der Waals surface area contributed by atoms with E-state index in [1.54, 1.807) is 0 Å². The second-order valence-electron chi connectivity index (χ2n) is 5.89. The van der Waals surface area contributed by atoms with Crippen LogP contribution in [0, 0.1) is 5.92 Å². The molecule has 0 heterocycles. The first kappa shape index (κ1) is 21.2. The molecule has 0 bridgehead atoms. The van der Waals surface area contributed by atoms with Gasteiger partial charge in [0.15, 0.2) is 0 Å². The van der Waals surface area contributed by atoms with Crippen molar-refractivity contribution in [2.24, 2.45) is 11.7 Å². The van der Waals surface area contributed by atoms with Gasteiger partial charge in [0.05, 0.1) is 0 Å². The summed E-state index contributed by atoms with van der Waals surface area (Å²) in [4.78, 5) is 14.2. The normalized spacial score (nSPS) is 16.2. The van der Waals surface area contributed by atoms with Gasteiger partial charge >= 0.3 is 0 Å². The molecule has 1 aromatic carbocycles. The number of hydrogen-bond donors (Lipinski definition) is 2. The highest BCUT2D eigenvalue weighted by atomic mass is 35.5. The van der Waals surface area contributed by atoms with Gasteiger partial charge in [0.2, 0.25) is 5.91 Å². The van der Waals surface area contributed by atoms with E-state index in [1.807, 2.05) is 30.3 Å². The lowest BCUT2D eigenvalue weighted by Gasteiger charge is -2.24. The Kier molecular flexibility index (Phi) is 9.69. The molecule has 126 valence electrons. The third-order valence-electron chi connectivity index (χ3n) is 3.97. The number of rotatable bonds is 7. The van der Waals surface area contributed by atoms with Crippen molar-refractivity contribution < 1.29 is 4.79 Å². The molecule has 2 rings (SSSR count).